The maximum absolute atomic E-state index is 12.1. The molecular weight excluding hydrogens is 280 g/mol. The number of carbonyl (C=O) groups excluding carboxylic acids is 1. The lowest BCUT2D eigenvalue weighted by Crippen LogP contribution is -2.14. The molecule has 2 aromatic rings. The molecule has 0 aliphatic heterocycles. The Bertz CT molecular complexity index is 689. The largest absolute Gasteiger partial charge is 0.362 e. The molecule has 0 aliphatic carbocycles. The van der Waals surface area contributed by atoms with E-state index in [-0.39, 0.29) is 18.1 Å². The molecule has 0 aliphatic rings. The highest BCUT2D eigenvalue weighted by Gasteiger charge is 2.29. The smallest absolute Gasteiger partial charge is 0.322 e. The minimum absolute atomic E-state index is 0.235. The van der Waals surface area contributed by atoms with Gasteiger partial charge in [0.2, 0.25) is 5.69 Å². The van der Waals surface area contributed by atoms with Crippen LogP contribution in [0.4, 0.5) is 11.4 Å². The van der Waals surface area contributed by atoms with Gasteiger partial charge in [0.15, 0.2) is 0 Å². The van der Waals surface area contributed by atoms with Crippen molar-refractivity contribution in [3.8, 4) is 0 Å². The van der Waals surface area contributed by atoms with Crippen LogP contribution in [0.3, 0.4) is 0 Å². The van der Waals surface area contributed by atoms with Crippen LogP contribution in [-0.2, 0) is 18.5 Å². The molecule has 0 saturated carbocycles. The van der Waals surface area contributed by atoms with Crippen LogP contribution in [0.1, 0.15) is 16.2 Å². The van der Waals surface area contributed by atoms with Crippen LogP contribution in [0.2, 0.25) is 0 Å². The minimum Gasteiger partial charge on any atom is -0.362 e. The predicted molar refractivity (Wildman–Crippen MR) is 71.8 cm³/mol. The van der Waals surface area contributed by atoms with E-state index in [0.29, 0.717) is 11.4 Å². The number of nitrogens with zero attached hydrogens (tertiary/aromatic N) is 5. The number of nitro groups is 1. The molecule has 0 fully saturated rings. The lowest BCUT2D eigenvalue weighted by molar-refractivity contribution is -0.385. The highest BCUT2D eigenvalue weighted by atomic mass is 16.6. The molecule has 0 bridgehead atoms. The van der Waals surface area contributed by atoms with E-state index in [4.69, 9.17) is 4.74 Å². The van der Waals surface area contributed by atoms with E-state index in [1.807, 2.05) is 0 Å². The van der Waals surface area contributed by atoms with Gasteiger partial charge in [-0.05, 0) is 6.92 Å². The predicted octanol–water partition coefficient (Wildman–Crippen LogP) is 0.689. The van der Waals surface area contributed by atoms with Gasteiger partial charge in [0, 0.05) is 14.2 Å². The molecule has 0 spiro atoms. The molecule has 1 N–H and O–H groups in total. The zero-order valence-electron chi connectivity index (χ0n) is 11.7. The number of ether oxygens (including phenoxy) is 1. The van der Waals surface area contributed by atoms with Crippen molar-refractivity contribution < 1.29 is 14.5 Å². The molecule has 10 heteroatoms. The lowest BCUT2D eigenvalue weighted by atomic mass is 10.3. The van der Waals surface area contributed by atoms with Crippen LogP contribution in [0.5, 0.6) is 0 Å². The molecule has 112 valence electrons. The molecule has 0 saturated heterocycles. The summed E-state index contributed by atoms with van der Waals surface area (Å²) in [6.45, 7) is 1.76. The fraction of sp³-hybridized carbons (Fsp3) is 0.364. The summed E-state index contributed by atoms with van der Waals surface area (Å²) in [5.41, 5.74) is 0.161. The first-order chi connectivity index (χ1) is 9.93. The second kappa shape index (κ2) is 5.71. The van der Waals surface area contributed by atoms with Crippen molar-refractivity contribution in [2.24, 2.45) is 7.05 Å². The van der Waals surface area contributed by atoms with Crippen LogP contribution in [0.15, 0.2) is 12.4 Å². The molecule has 0 atom stereocenters. The second-order valence-electron chi connectivity index (χ2n) is 4.30. The molecule has 0 aromatic carbocycles. The summed E-state index contributed by atoms with van der Waals surface area (Å²) >= 11 is 0. The summed E-state index contributed by atoms with van der Waals surface area (Å²) in [6.07, 6.45) is 2.96. The Kier molecular flexibility index (Phi) is 3.98. The van der Waals surface area contributed by atoms with Crippen LogP contribution in [-0.4, -0.2) is 37.5 Å². The molecule has 21 heavy (non-hydrogen) atoms. The lowest BCUT2D eigenvalue weighted by Gasteiger charge is -1.99. The van der Waals surface area contributed by atoms with Gasteiger partial charge in [-0.3, -0.25) is 19.6 Å². The van der Waals surface area contributed by atoms with Crippen molar-refractivity contribution in [2.75, 3.05) is 12.4 Å². The van der Waals surface area contributed by atoms with Crippen LogP contribution in [0.25, 0.3) is 0 Å². The summed E-state index contributed by atoms with van der Waals surface area (Å²) in [7, 11) is 3.05. The second-order valence-corrected chi connectivity index (χ2v) is 4.30. The van der Waals surface area contributed by atoms with Crippen molar-refractivity contribution in [2.45, 2.75) is 13.7 Å². The summed E-state index contributed by atoms with van der Waals surface area (Å²) in [5.74, 6) is -0.664. The van der Waals surface area contributed by atoms with Gasteiger partial charge in [0.05, 0.1) is 23.0 Å². The van der Waals surface area contributed by atoms with Gasteiger partial charge in [-0.15, -0.1) is 0 Å². The number of aromatic nitrogens is 4. The van der Waals surface area contributed by atoms with Crippen molar-refractivity contribution in [3.63, 3.8) is 0 Å². The van der Waals surface area contributed by atoms with Gasteiger partial charge in [0.25, 0.3) is 5.91 Å². The fourth-order valence-corrected chi connectivity index (χ4v) is 1.79. The summed E-state index contributed by atoms with van der Waals surface area (Å²) in [5, 5.41) is 21.4. The molecule has 2 aromatic heterocycles. The third kappa shape index (κ3) is 2.89. The molecule has 0 unspecified atom stereocenters. The Hall–Kier alpha value is -2.75. The van der Waals surface area contributed by atoms with Gasteiger partial charge in [-0.2, -0.15) is 10.2 Å². The maximum atomic E-state index is 12.1. The molecule has 10 nitrogen and oxygen atoms in total. The van der Waals surface area contributed by atoms with Gasteiger partial charge < -0.3 is 10.1 Å². The number of nitrogens with one attached hydrogen (secondary N) is 1. The quantitative estimate of drug-likeness (QED) is 0.640. The van der Waals surface area contributed by atoms with E-state index in [0.717, 1.165) is 0 Å². The number of methoxy groups -OCH3 is 1. The number of aryl methyl sites for hydroxylation is 1. The highest BCUT2D eigenvalue weighted by molar-refractivity contribution is 6.05. The van der Waals surface area contributed by atoms with Crippen molar-refractivity contribution >= 4 is 17.3 Å². The first-order valence-corrected chi connectivity index (χ1v) is 5.94. The molecule has 1 amide bonds. The maximum Gasteiger partial charge on any atom is 0.322 e. The topological polar surface area (TPSA) is 117 Å². The van der Waals surface area contributed by atoms with E-state index >= 15 is 0 Å². The van der Waals surface area contributed by atoms with Crippen LogP contribution < -0.4 is 5.32 Å². The number of amides is 1. The molecular formula is C11H14N6O4. The van der Waals surface area contributed by atoms with E-state index < -0.39 is 10.8 Å². The Labute approximate surface area is 119 Å². The zero-order chi connectivity index (χ0) is 15.6. The van der Waals surface area contributed by atoms with Gasteiger partial charge in [-0.25, -0.2) is 4.68 Å². The number of hydrogen-bond acceptors (Lipinski definition) is 6. The molecule has 2 heterocycles. The third-order valence-electron chi connectivity index (χ3n) is 2.85. The first-order valence-electron chi connectivity index (χ1n) is 5.94. The van der Waals surface area contributed by atoms with Gasteiger partial charge in [-0.1, -0.05) is 0 Å². The third-order valence-corrected chi connectivity index (χ3v) is 2.85. The Morgan fingerprint density at radius 3 is 2.90 bits per heavy atom. The van der Waals surface area contributed by atoms with Crippen molar-refractivity contribution in [1.82, 2.24) is 19.6 Å². The van der Waals surface area contributed by atoms with E-state index in [9.17, 15) is 14.9 Å². The van der Waals surface area contributed by atoms with Crippen LogP contribution >= 0.6 is 0 Å². The minimum atomic E-state index is -0.664. The molecule has 0 radical (unpaired) electrons. The van der Waals surface area contributed by atoms with Gasteiger partial charge in [0.1, 0.15) is 12.4 Å². The summed E-state index contributed by atoms with van der Waals surface area (Å²) < 4.78 is 7.64. The normalized spacial score (nSPS) is 10.6. The van der Waals surface area contributed by atoms with E-state index in [1.54, 1.807) is 6.20 Å². The zero-order valence-corrected chi connectivity index (χ0v) is 11.7. The summed E-state index contributed by atoms with van der Waals surface area (Å²) in [4.78, 5) is 22.5. The summed E-state index contributed by atoms with van der Waals surface area (Å²) in [6, 6.07) is 0. The average molecular weight is 294 g/mol. The highest BCUT2D eigenvalue weighted by Crippen LogP contribution is 2.23. The first kappa shape index (κ1) is 14.7. The standard InChI is InChI=1S/C11H14N6O4/c1-7-10(17(19)20)9(14-15(7)2)11(18)13-8-4-12-16(5-8)6-21-3/h4-5H,6H2,1-3H3,(H,13,18). The van der Waals surface area contributed by atoms with E-state index in [2.05, 4.69) is 15.5 Å². The average Bonchev–Trinajstić information content (AvgIpc) is 2.96. The number of hydrogen-bond donors (Lipinski definition) is 1. The number of carbonyl (C=O) groups is 1. The number of rotatable bonds is 5. The Morgan fingerprint density at radius 1 is 1.57 bits per heavy atom. The number of anilines is 1. The Morgan fingerprint density at radius 2 is 2.29 bits per heavy atom. The van der Waals surface area contributed by atoms with Crippen molar-refractivity contribution in [3.05, 3.63) is 33.9 Å². The molecule has 2 rings (SSSR count). The fourth-order valence-electron chi connectivity index (χ4n) is 1.79. The van der Waals surface area contributed by atoms with Crippen molar-refractivity contribution in [1.29, 1.82) is 0 Å². The van der Waals surface area contributed by atoms with Crippen LogP contribution in [0, 0.1) is 17.0 Å². The Balaban J connectivity index is 2.24. The monoisotopic (exact) mass is 294 g/mol. The van der Waals surface area contributed by atoms with E-state index in [1.165, 1.54) is 36.6 Å². The van der Waals surface area contributed by atoms with Gasteiger partial charge >= 0.3 is 5.69 Å². The SMILES string of the molecule is COCn1cc(NC(=O)c2nn(C)c(C)c2[N+](=O)[O-])cn1.